The number of carbonyl (C=O) groups excluding carboxylic acids is 1. The third-order valence-corrected chi connectivity index (χ3v) is 12.4. The first kappa shape index (κ1) is 30.2. The lowest BCUT2D eigenvalue weighted by molar-refractivity contribution is -0.172. The standard InChI is InChI=1S/C26H45NO9S2/c1-16(4-7-23(29)27-12-13-37(30,31)32)19-5-6-20-24-21(9-11-26(19,20)3)25(2)10-8-18(36-38(33,34)35)14-17(25)15-22(24)28/h16-22,24,28H,4-15H2,1-3H3,(H,27,29)(H,30,31,32)(H,33,34,35)/t16-,17+,18-,19-,20?,21?,22-,24?,25+,26-/m1/s1. The highest BCUT2D eigenvalue weighted by molar-refractivity contribution is 7.85. The predicted molar refractivity (Wildman–Crippen MR) is 141 cm³/mol. The predicted octanol–water partition coefficient (Wildman–Crippen LogP) is 3.22. The fraction of sp³-hybridized carbons (Fsp3) is 0.962. The molecule has 10 atom stereocenters. The number of carbonyl (C=O) groups is 1. The molecule has 0 bridgehead atoms. The normalized spacial score (nSPS) is 42.0. The zero-order chi connectivity index (χ0) is 28.1. The van der Waals surface area contributed by atoms with Crippen molar-refractivity contribution in [1.29, 1.82) is 0 Å². The van der Waals surface area contributed by atoms with Gasteiger partial charge < -0.3 is 10.4 Å². The Morgan fingerprint density at radius 3 is 2.32 bits per heavy atom. The van der Waals surface area contributed by atoms with E-state index in [1.807, 2.05) is 0 Å². The molecule has 3 unspecified atom stereocenters. The Hall–Kier alpha value is -0.790. The summed E-state index contributed by atoms with van der Waals surface area (Å²) >= 11 is 0. The first-order valence-electron chi connectivity index (χ1n) is 14.1. The quantitative estimate of drug-likeness (QED) is 0.300. The Balaban J connectivity index is 1.39. The van der Waals surface area contributed by atoms with E-state index in [1.54, 1.807) is 0 Å². The average Bonchev–Trinajstić information content (AvgIpc) is 3.14. The second-order valence-corrected chi connectivity index (χ2v) is 15.7. The molecule has 0 aliphatic heterocycles. The molecule has 12 heteroatoms. The summed E-state index contributed by atoms with van der Waals surface area (Å²) in [6.07, 6.45) is 6.79. The maximum atomic E-state index is 12.2. The van der Waals surface area contributed by atoms with E-state index >= 15 is 0 Å². The van der Waals surface area contributed by atoms with E-state index in [2.05, 4.69) is 26.1 Å². The lowest BCUT2D eigenvalue weighted by Crippen LogP contribution is -2.58. The average molecular weight is 580 g/mol. The topological polar surface area (TPSA) is 167 Å². The van der Waals surface area contributed by atoms with E-state index in [0.29, 0.717) is 55.8 Å². The molecule has 1 amide bonds. The molecule has 4 aliphatic rings. The minimum absolute atomic E-state index is 0.00808. The number of amides is 1. The van der Waals surface area contributed by atoms with Crippen LogP contribution in [0.2, 0.25) is 0 Å². The van der Waals surface area contributed by atoms with Crippen LogP contribution in [0.4, 0.5) is 0 Å². The molecule has 0 saturated heterocycles. The molecule has 4 N–H and O–H groups in total. The Kier molecular flexibility index (Phi) is 8.65. The maximum absolute atomic E-state index is 12.2. The number of rotatable bonds is 9. The molecule has 0 aromatic carbocycles. The second-order valence-electron chi connectivity index (χ2n) is 13.1. The molecule has 0 aromatic heterocycles. The second kappa shape index (κ2) is 10.9. The van der Waals surface area contributed by atoms with Crippen molar-refractivity contribution in [2.75, 3.05) is 12.3 Å². The first-order valence-corrected chi connectivity index (χ1v) is 17.1. The summed E-state index contributed by atoms with van der Waals surface area (Å²) in [4.78, 5) is 12.2. The smallest absolute Gasteiger partial charge is 0.393 e. The summed E-state index contributed by atoms with van der Waals surface area (Å²) in [5.74, 6) is 1.17. The molecular formula is C26H45NO9S2. The number of hydrogen-bond acceptors (Lipinski definition) is 7. The number of nitrogens with one attached hydrogen (secondary N) is 1. The Morgan fingerprint density at radius 2 is 1.66 bits per heavy atom. The van der Waals surface area contributed by atoms with Gasteiger partial charge in [0, 0.05) is 13.0 Å². The van der Waals surface area contributed by atoms with Crippen molar-refractivity contribution in [3.8, 4) is 0 Å². The summed E-state index contributed by atoms with van der Waals surface area (Å²) in [7, 11) is -8.59. The number of fused-ring (bicyclic) bond motifs is 5. The van der Waals surface area contributed by atoms with Gasteiger partial charge in [-0.15, -0.1) is 0 Å². The molecular weight excluding hydrogens is 534 g/mol. The third-order valence-electron chi connectivity index (χ3n) is 11.2. The number of aliphatic hydroxyl groups is 1. The highest BCUT2D eigenvalue weighted by Crippen LogP contribution is 2.68. The SMILES string of the molecule is C[C@H](CCC(=O)NCCS(=O)(=O)O)[C@H]1CCC2C3C(CC[C@@]21C)[C@@]1(C)CC[C@@H](OS(=O)(=O)O)C[C@H]1C[C@H]3O. The highest BCUT2D eigenvalue weighted by atomic mass is 32.3. The summed E-state index contributed by atoms with van der Waals surface area (Å²) in [5.41, 5.74) is 0.0889. The fourth-order valence-corrected chi connectivity index (χ4v) is 10.3. The van der Waals surface area contributed by atoms with E-state index in [9.17, 15) is 26.7 Å². The van der Waals surface area contributed by atoms with Crippen molar-refractivity contribution in [1.82, 2.24) is 5.32 Å². The van der Waals surface area contributed by atoms with Crippen molar-refractivity contribution < 1.29 is 40.0 Å². The monoisotopic (exact) mass is 579 g/mol. The lowest BCUT2D eigenvalue weighted by atomic mass is 9.43. The summed E-state index contributed by atoms with van der Waals surface area (Å²) in [6, 6.07) is 0. The maximum Gasteiger partial charge on any atom is 0.397 e. The summed E-state index contributed by atoms with van der Waals surface area (Å²) < 4.78 is 67.2. The zero-order valence-electron chi connectivity index (χ0n) is 22.7. The summed E-state index contributed by atoms with van der Waals surface area (Å²) in [5, 5.41) is 14.0. The lowest BCUT2D eigenvalue weighted by Gasteiger charge is -2.62. The van der Waals surface area contributed by atoms with Gasteiger partial charge in [-0.25, -0.2) is 4.18 Å². The minimum Gasteiger partial charge on any atom is -0.393 e. The Labute approximate surface area is 227 Å². The van der Waals surface area contributed by atoms with Gasteiger partial charge in [0.1, 0.15) is 0 Å². The Bertz CT molecular complexity index is 1100. The molecule has 0 radical (unpaired) electrons. The van der Waals surface area contributed by atoms with Gasteiger partial charge in [0.2, 0.25) is 5.91 Å². The van der Waals surface area contributed by atoms with Crippen molar-refractivity contribution >= 4 is 26.4 Å². The van der Waals surface area contributed by atoms with Gasteiger partial charge in [0.05, 0.1) is 18.0 Å². The van der Waals surface area contributed by atoms with Gasteiger partial charge in [0.15, 0.2) is 0 Å². The van der Waals surface area contributed by atoms with E-state index < -0.39 is 38.5 Å². The van der Waals surface area contributed by atoms with Crippen molar-refractivity contribution in [2.45, 2.75) is 97.2 Å². The van der Waals surface area contributed by atoms with Crippen LogP contribution < -0.4 is 5.32 Å². The molecule has 4 fully saturated rings. The van der Waals surface area contributed by atoms with Gasteiger partial charge in [0.25, 0.3) is 10.1 Å². The van der Waals surface area contributed by atoms with Crippen LogP contribution in [0.25, 0.3) is 0 Å². The van der Waals surface area contributed by atoms with Crippen LogP contribution in [0.15, 0.2) is 0 Å². The van der Waals surface area contributed by atoms with Gasteiger partial charge in [-0.05, 0) is 104 Å². The van der Waals surface area contributed by atoms with Crippen LogP contribution in [-0.4, -0.2) is 61.5 Å². The van der Waals surface area contributed by atoms with Crippen LogP contribution >= 0.6 is 0 Å². The van der Waals surface area contributed by atoms with E-state index in [1.165, 1.54) is 0 Å². The van der Waals surface area contributed by atoms with Crippen LogP contribution in [0.1, 0.15) is 85.0 Å². The zero-order valence-corrected chi connectivity index (χ0v) is 24.3. The molecule has 0 aromatic rings. The van der Waals surface area contributed by atoms with Crippen LogP contribution in [-0.2, 0) is 29.5 Å². The molecule has 0 spiro atoms. The molecule has 4 rings (SSSR count). The van der Waals surface area contributed by atoms with Gasteiger partial charge in [-0.1, -0.05) is 20.8 Å². The van der Waals surface area contributed by atoms with Gasteiger partial charge in [-0.2, -0.15) is 16.8 Å². The molecule has 4 aliphatic carbocycles. The van der Waals surface area contributed by atoms with Gasteiger partial charge in [-0.3, -0.25) is 13.9 Å². The van der Waals surface area contributed by atoms with Crippen molar-refractivity contribution in [3.63, 3.8) is 0 Å². The molecule has 4 saturated carbocycles. The van der Waals surface area contributed by atoms with E-state index in [4.69, 9.17) is 13.3 Å². The minimum atomic E-state index is -4.50. The molecule has 220 valence electrons. The van der Waals surface area contributed by atoms with Crippen molar-refractivity contribution in [2.24, 2.45) is 46.3 Å². The Morgan fingerprint density at radius 1 is 1.00 bits per heavy atom. The summed E-state index contributed by atoms with van der Waals surface area (Å²) in [6.45, 7) is 6.77. The molecule has 10 nitrogen and oxygen atoms in total. The van der Waals surface area contributed by atoms with Crippen LogP contribution in [0.5, 0.6) is 0 Å². The molecule has 0 heterocycles. The van der Waals surface area contributed by atoms with E-state index in [0.717, 1.165) is 32.1 Å². The van der Waals surface area contributed by atoms with Crippen LogP contribution in [0, 0.1) is 46.3 Å². The third kappa shape index (κ3) is 6.25. The highest BCUT2D eigenvalue weighted by Gasteiger charge is 2.63. The van der Waals surface area contributed by atoms with Gasteiger partial charge >= 0.3 is 10.4 Å². The molecule has 38 heavy (non-hydrogen) atoms. The number of aliphatic hydroxyl groups excluding tert-OH is 1. The van der Waals surface area contributed by atoms with E-state index in [-0.39, 0.29) is 35.1 Å². The first-order chi connectivity index (χ1) is 17.5. The number of hydrogen-bond donors (Lipinski definition) is 4. The van der Waals surface area contributed by atoms with Crippen molar-refractivity contribution in [3.05, 3.63) is 0 Å². The fourth-order valence-electron chi connectivity index (χ4n) is 9.39. The largest absolute Gasteiger partial charge is 0.397 e. The van der Waals surface area contributed by atoms with Crippen LogP contribution in [0.3, 0.4) is 0 Å².